The van der Waals surface area contributed by atoms with Crippen LogP contribution in [0.1, 0.15) is 11.1 Å². The number of hydrogen-bond acceptors (Lipinski definition) is 5. The molecule has 0 fully saturated rings. The molecule has 0 bridgehead atoms. The molecule has 11 heteroatoms. The third-order valence-electron chi connectivity index (χ3n) is 3.08. The Morgan fingerprint density at radius 3 is 2.60 bits per heavy atom. The molecule has 25 heavy (non-hydrogen) atoms. The third kappa shape index (κ3) is 3.74. The van der Waals surface area contributed by atoms with Crippen LogP contribution in [-0.4, -0.2) is 15.0 Å². The van der Waals surface area contributed by atoms with Crippen molar-refractivity contribution >= 4 is 11.6 Å². The average Bonchev–Trinajstić information content (AvgIpc) is 2.51. The summed E-state index contributed by atoms with van der Waals surface area (Å²) in [5, 5.41) is 11.5. The fourth-order valence-corrected chi connectivity index (χ4v) is 2.09. The highest BCUT2D eigenvalue weighted by atomic mass is 35.5. The Bertz CT molecular complexity index is 896. The number of rotatable bonds is 4. The smallest absolute Gasteiger partial charge is 0.418 e. The van der Waals surface area contributed by atoms with Gasteiger partial charge < -0.3 is 9.62 Å². The van der Waals surface area contributed by atoms with E-state index in [0.29, 0.717) is 10.9 Å². The van der Waals surface area contributed by atoms with Crippen LogP contribution in [0, 0.1) is 12.7 Å². The van der Waals surface area contributed by atoms with Gasteiger partial charge in [0.2, 0.25) is 0 Å². The summed E-state index contributed by atoms with van der Waals surface area (Å²) in [4.78, 5) is 15.8. The molecule has 0 aliphatic heterocycles. The molecule has 0 saturated carbocycles. The first-order valence-electron chi connectivity index (χ1n) is 6.40. The van der Waals surface area contributed by atoms with E-state index >= 15 is 0 Å². The summed E-state index contributed by atoms with van der Waals surface area (Å²) in [6.07, 6.45) is -4.38. The summed E-state index contributed by atoms with van der Waals surface area (Å²) in [5.41, 5.74) is -3.60. The van der Waals surface area contributed by atoms with Gasteiger partial charge >= 0.3 is 12.1 Å². The van der Waals surface area contributed by atoms with Crippen LogP contribution in [0.4, 0.5) is 17.6 Å². The van der Waals surface area contributed by atoms with Crippen molar-refractivity contribution in [1.82, 2.24) is 9.78 Å². The van der Waals surface area contributed by atoms with Gasteiger partial charge in [-0.25, -0.2) is 4.39 Å². The molecule has 134 valence electrons. The first-order chi connectivity index (χ1) is 11.6. The lowest BCUT2D eigenvalue weighted by molar-refractivity contribution is -0.230. The van der Waals surface area contributed by atoms with Gasteiger partial charge in [-0.15, -0.1) is 0 Å². The molecular weight excluding hydrogens is 372 g/mol. The molecule has 0 radical (unpaired) electrons. The van der Waals surface area contributed by atoms with E-state index in [1.165, 1.54) is 0 Å². The maximum absolute atomic E-state index is 14.1. The summed E-state index contributed by atoms with van der Waals surface area (Å²) >= 11 is 5.75. The van der Waals surface area contributed by atoms with Crippen LogP contribution in [0.25, 0.3) is 5.69 Å². The summed E-state index contributed by atoms with van der Waals surface area (Å²) in [6.45, 7) is 4.09. The highest BCUT2D eigenvalue weighted by Gasteiger charge is 2.34. The zero-order chi connectivity index (χ0) is 18.9. The zero-order valence-electron chi connectivity index (χ0n) is 12.4. The number of halogens is 5. The van der Waals surface area contributed by atoms with Crippen LogP contribution in [0.3, 0.4) is 0 Å². The minimum atomic E-state index is -4.78. The van der Waals surface area contributed by atoms with E-state index in [4.69, 9.17) is 21.6 Å². The summed E-state index contributed by atoms with van der Waals surface area (Å²) < 4.78 is 57.8. The van der Waals surface area contributed by atoms with Gasteiger partial charge in [0, 0.05) is 11.6 Å². The third-order valence-corrected chi connectivity index (χ3v) is 3.38. The number of nitrogens with zero attached hydrogens (tertiary/aromatic N) is 2. The molecule has 0 aliphatic carbocycles. The van der Waals surface area contributed by atoms with E-state index in [2.05, 4.69) is 16.6 Å². The SMILES string of the molecule is C=C(OO)Oc1cc(-n2ncc(C(F)(F)F)c(C)c2=O)c(F)cc1Cl. The van der Waals surface area contributed by atoms with Crippen molar-refractivity contribution in [3.63, 3.8) is 0 Å². The molecule has 0 saturated heterocycles. The summed E-state index contributed by atoms with van der Waals surface area (Å²) in [6, 6.07) is 1.64. The van der Waals surface area contributed by atoms with E-state index in [-0.39, 0.29) is 10.8 Å². The Kier molecular flexibility index (Phi) is 5.04. The van der Waals surface area contributed by atoms with Crippen molar-refractivity contribution in [2.24, 2.45) is 0 Å². The van der Waals surface area contributed by atoms with E-state index < -0.39 is 40.3 Å². The van der Waals surface area contributed by atoms with E-state index in [0.717, 1.165) is 19.1 Å². The Balaban J connectivity index is 2.63. The van der Waals surface area contributed by atoms with E-state index in [1.54, 1.807) is 0 Å². The second kappa shape index (κ2) is 6.73. The van der Waals surface area contributed by atoms with Gasteiger partial charge in [-0.3, -0.25) is 4.79 Å². The van der Waals surface area contributed by atoms with Gasteiger partial charge in [-0.1, -0.05) is 11.6 Å². The lowest BCUT2D eigenvalue weighted by Crippen LogP contribution is -2.27. The van der Waals surface area contributed by atoms with Gasteiger partial charge in [0.05, 0.1) is 16.8 Å². The molecule has 2 aromatic rings. The van der Waals surface area contributed by atoms with Crippen LogP contribution in [-0.2, 0) is 11.1 Å². The first kappa shape index (κ1) is 18.7. The predicted octanol–water partition coefficient (Wildman–Crippen LogP) is 3.69. The fraction of sp³-hybridized carbons (Fsp3) is 0.143. The Labute approximate surface area is 142 Å². The van der Waals surface area contributed by atoms with Gasteiger partial charge in [0.15, 0.2) is 11.6 Å². The minimum absolute atomic E-state index is 0.267. The molecule has 1 aromatic carbocycles. The maximum Gasteiger partial charge on any atom is 0.418 e. The number of benzene rings is 1. The zero-order valence-corrected chi connectivity index (χ0v) is 13.2. The molecule has 0 unspecified atom stereocenters. The molecule has 0 aliphatic rings. The van der Waals surface area contributed by atoms with Crippen LogP contribution in [0.2, 0.25) is 5.02 Å². The van der Waals surface area contributed by atoms with Crippen molar-refractivity contribution < 1.29 is 32.4 Å². The molecular formula is C14H9ClF4N2O4. The van der Waals surface area contributed by atoms with Gasteiger partial charge in [0.1, 0.15) is 5.69 Å². The van der Waals surface area contributed by atoms with Gasteiger partial charge in [-0.2, -0.15) is 28.2 Å². The van der Waals surface area contributed by atoms with Gasteiger partial charge in [0.25, 0.3) is 5.56 Å². The normalized spacial score (nSPS) is 11.3. The lowest BCUT2D eigenvalue weighted by Gasteiger charge is -2.14. The highest BCUT2D eigenvalue weighted by molar-refractivity contribution is 6.32. The molecule has 1 heterocycles. The van der Waals surface area contributed by atoms with Gasteiger partial charge in [-0.05, 0) is 19.6 Å². The van der Waals surface area contributed by atoms with Crippen molar-refractivity contribution in [1.29, 1.82) is 0 Å². The van der Waals surface area contributed by atoms with Crippen LogP contribution in [0.15, 0.2) is 35.6 Å². The Morgan fingerprint density at radius 2 is 2.04 bits per heavy atom. The summed E-state index contributed by atoms with van der Waals surface area (Å²) in [5.74, 6) is -1.92. The first-order valence-corrected chi connectivity index (χ1v) is 6.77. The van der Waals surface area contributed by atoms with Crippen LogP contribution >= 0.6 is 11.6 Å². The second-order valence-corrected chi connectivity index (χ2v) is 5.10. The van der Waals surface area contributed by atoms with Crippen molar-refractivity contribution in [2.75, 3.05) is 0 Å². The molecule has 6 nitrogen and oxygen atoms in total. The summed E-state index contributed by atoms with van der Waals surface area (Å²) in [7, 11) is 0. The highest BCUT2D eigenvalue weighted by Crippen LogP contribution is 2.32. The van der Waals surface area contributed by atoms with E-state index in [9.17, 15) is 22.4 Å². The Morgan fingerprint density at radius 1 is 1.40 bits per heavy atom. The number of aromatic nitrogens is 2. The van der Waals surface area contributed by atoms with Crippen molar-refractivity contribution in [3.8, 4) is 11.4 Å². The molecule has 0 atom stereocenters. The molecule has 0 spiro atoms. The Hall–Kier alpha value is -2.59. The standard InChI is InChI=1S/C14H9ClF4N2O4/c1-6-8(14(17,18)19)5-20-21(13(6)22)11-4-12(24-7(2)25-23)9(15)3-10(11)16/h3-5,23H,2H2,1H3. The molecule has 2 rings (SSSR count). The van der Waals surface area contributed by atoms with Crippen molar-refractivity contribution in [2.45, 2.75) is 13.1 Å². The second-order valence-electron chi connectivity index (χ2n) is 4.70. The number of hydrogen-bond donors (Lipinski definition) is 1. The monoisotopic (exact) mass is 380 g/mol. The van der Waals surface area contributed by atoms with E-state index in [1.807, 2.05) is 0 Å². The topological polar surface area (TPSA) is 73.6 Å². The lowest BCUT2D eigenvalue weighted by atomic mass is 10.2. The average molecular weight is 381 g/mol. The maximum atomic E-state index is 14.1. The quantitative estimate of drug-likeness (QED) is 0.379. The minimum Gasteiger partial charge on any atom is -0.423 e. The predicted molar refractivity (Wildman–Crippen MR) is 78.0 cm³/mol. The fourth-order valence-electron chi connectivity index (χ4n) is 1.90. The molecule has 1 N–H and O–H groups in total. The van der Waals surface area contributed by atoms with Crippen molar-refractivity contribution in [3.05, 3.63) is 63.2 Å². The number of ether oxygens (including phenoxy) is 1. The largest absolute Gasteiger partial charge is 0.423 e. The van der Waals surface area contributed by atoms with Crippen LogP contribution < -0.4 is 10.3 Å². The van der Waals surface area contributed by atoms with Crippen LogP contribution in [0.5, 0.6) is 5.75 Å². The molecule has 1 aromatic heterocycles. The number of alkyl halides is 3. The molecule has 0 amide bonds.